The maximum atomic E-state index is 13.8. The third kappa shape index (κ3) is 6.29. The highest BCUT2D eigenvalue weighted by molar-refractivity contribution is 14.0. The molecule has 1 aliphatic heterocycles. The number of nitrogens with one attached hydrogen (secondary N) is 2. The molecule has 1 unspecified atom stereocenters. The maximum absolute atomic E-state index is 13.8. The summed E-state index contributed by atoms with van der Waals surface area (Å²) in [5, 5.41) is 6.44. The van der Waals surface area contributed by atoms with Gasteiger partial charge in [-0.05, 0) is 25.5 Å². The van der Waals surface area contributed by atoms with E-state index in [2.05, 4.69) is 20.6 Å². The first-order chi connectivity index (χ1) is 11.5. The van der Waals surface area contributed by atoms with Gasteiger partial charge in [-0.3, -0.25) is 4.79 Å². The summed E-state index contributed by atoms with van der Waals surface area (Å²) >= 11 is 0. The van der Waals surface area contributed by atoms with Crippen LogP contribution in [0, 0.1) is 5.82 Å². The summed E-state index contributed by atoms with van der Waals surface area (Å²) in [4.78, 5) is 23.5. The van der Waals surface area contributed by atoms with E-state index < -0.39 is 0 Å². The number of likely N-dealkylation sites (N-methyl/N-ethyl adjacent to an activating group) is 1. The van der Waals surface area contributed by atoms with Crippen molar-refractivity contribution in [3.05, 3.63) is 24.1 Å². The molecule has 0 aliphatic carbocycles. The van der Waals surface area contributed by atoms with Gasteiger partial charge in [0.05, 0.1) is 0 Å². The number of carbonyl (C=O) groups excluding carboxylic acids is 1. The molecule has 1 amide bonds. The van der Waals surface area contributed by atoms with Crippen molar-refractivity contribution in [2.75, 3.05) is 45.2 Å². The molecule has 2 heterocycles. The zero-order valence-electron chi connectivity index (χ0n) is 14.8. The summed E-state index contributed by atoms with van der Waals surface area (Å²) in [6, 6.07) is 3.13. The van der Waals surface area contributed by atoms with Gasteiger partial charge in [0.15, 0.2) is 17.6 Å². The lowest BCUT2D eigenvalue weighted by Crippen LogP contribution is -2.45. The minimum Gasteiger partial charge on any atom is -0.357 e. The van der Waals surface area contributed by atoms with Crippen molar-refractivity contribution in [2.24, 2.45) is 4.99 Å². The molecule has 0 bridgehead atoms. The molecule has 1 aliphatic rings. The second-order valence-electron chi connectivity index (χ2n) is 5.87. The van der Waals surface area contributed by atoms with Crippen LogP contribution < -0.4 is 15.5 Å². The Labute approximate surface area is 165 Å². The molecule has 2 rings (SSSR count). The van der Waals surface area contributed by atoms with E-state index in [1.54, 1.807) is 26.4 Å². The highest BCUT2D eigenvalue weighted by Gasteiger charge is 2.25. The first kappa shape index (κ1) is 21.4. The van der Waals surface area contributed by atoms with Crippen LogP contribution in [0.1, 0.15) is 13.3 Å². The van der Waals surface area contributed by atoms with Gasteiger partial charge in [0, 0.05) is 46.0 Å². The standard InChI is InChI=1S/C16H25FN6O.HI/c1-4-18-16(20-10-14(24)22(2)3)21-12-7-9-23(11-12)15-13(17)6-5-8-19-15;/h5-6,8,12H,4,7,9-11H2,1-3H3,(H2,18,20,21);1H. The molecule has 7 nitrogen and oxygen atoms in total. The van der Waals surface area contributed by atoms with Gasteiger partial charge in [-0.15, -0.1) is 24.0 Å². The maximum Gasteiger partial charge on any atom is 0.243 e. The third-order valence-electron chi connectivity index (χ3n) is 3.78. The fourth-order valence-electron chi connectivity index (χ4n) is 2.48. The number of aromatic nitrogens is 1. The molecule has 0 spiro atoms. The predicted octanol–water partition coefficient (Wildman–Crippen LogP) is 1.06. The Morgan fingerprint density at radius 1 is 1.52 bits per heavy atom. The number of aliphatic imine (C=N–C) groups is 1. The summed E-state index contributed by atoms with van der Waals surface area (Å²) < 4.78 is 13.8. The van der Waals surface area contributed by atoms with Gasteiger partial charge in [-0.2, -0.15) is 0 Å². The number of carbonyl (C=O) groups is 1. The first-order valence-electron chi connectivity index (χ1n) is 8.11. The van der Waals surface area contributed by atoms with Crippen LogP contribution in [0.4, 0.5) is 10.2 Å². The SMILES string of the molecule is CCNC(=NCC(=O)N(C)C)NC1CCN(c2ncccc2F)C1.I. The Morgan fingerprint density at radius 2 is 2.28 bits per heavy atom. The Hall–Kier alpha value is -1.65. The number of pyridine rings is 1. The average Bonchev–Trinajstić information content (AvgIpc) is 3.01. The van der Waals surface area contributed by atoms with Crippen LogP contribution in [0.25, 0.3) is 0 Å². The molecule has 1 aromatic heterocycles. The number of hydrogen-bond acceptors (Lipinski definition) is 4. The molecule has 1 saturated heterocycles. The molecule has 2 N–H and O–H groups in total. The number of nitrogens with zero attached hydrogens (tertiary/aromatic N) is 4. The van der Waals surface area contributed by atoms with E-state index >= 15 is 0 Å². The fourth-order valence-corrected chi connectivity index (χ4v) is 2.48. The number of halogens is 2. The molecule has 0 aromatic carbocycles. The van der Waals surface area contributed by atoms with Crippen LogP contribution in [0.15, 0.2) is 23.3 Å². The normalized spacial score (nSPS) is 17.0. The predicted molar refractivity (Wildman–Crippen MR) is 108 cm³/mol. The molecule has 25 heavy (non-hydrogen) atoms. The van der Waals surface area contributed by atoms with E-state index in [9.17, 15) is 9.18 Å². The third-order valence-corrected chi connectivity index (χ3v) is 3.78. The molecule has 1 fully saturated rings. The van der Waals surface area contributed by atoms with Crippen LogP contribution in [-0.2, 0) is 4.79 Å². The fraction of sp³-hybridized carbons (Fsp3) is 0.562. The minimum absolute atomic E-state index is 0. The second-order valence-corrected chi connectivity index (χ2v) is 5.87. The summed E-state index contributed by atoms with van der Waals surface area (Å²) in [5.41, 5.74) is 0. The summed E-state index contributed by atoms with van der Waals surface area (Å²) in [7, 11) is 3.41. The molecule has 0 saturated carbocycles. The van der Waals surface area contributed by atoms with Crippen molar-refractivity contribution in [1.82, 2.24) is 20.5 Å². The van der Waals surface area contributed by atoms with E-state index in [1.807, 2.05) is 11.8 Å². The Morgan fingerprint density at radius 3 is 2.92 bits per heavy atom. The largest absolute Gasteiger partial charge is 0.357 e. The topological polar surface area (TPSA) is 72.9 Å². The van der Waals surface area contributed by atoms with Gasteiger partial charge < -0.3 is 20.4 Å². The minimum atomic E-state index is -0.310. The van der Waals surface area contributed by atoms with Crippen molar-refractivity contribution >= 4 is 41.7 Å². The van der Waals surface area contributed by atoms with Crippen molar-refractivity contribution in [3.63, 3.8) is 0 Å². The van der Waals surface area contributed by atoms with Crippen molar-refractivity contribution in [3.8, 4) is 0 Å². The molecule has 1 atom stereocenters. The number of guanidine groups is 1. The Kier molecular flexibility index (Phi) is 8.87. The molecule has 1 aromatic rings. The Bertz CT molecular complexity index is 598. The van der Waals surface area contributed by atoms with E-state index in [0.717, 1.165) is 13.0 Å². The first-order valence-corrected chi connectivity index (χ1v) is 8.11. The van der Waals surface area contributed by atoms with Gasteiger partial charge >= 0.3 is 0 Å². The van der Waals surface area contributed by atoms with Crippen LogP contribution in [0.3, 0.4) is 0 Å². The van der Waals surface area contributed by atoms with Gasteiger partial charge in [-0.1, -0.05) is 0 Å². The molecule has 0 radical (unpaired) electrons. The van der Waals surface area contributed by atoms with Crippen LogP contribution in [0.2, 0.25) is 0 Å². The summed E-state index contributed by atoms with van der Waals surface area (Å²) in [6.45, 7) is 4.12. The number of rotatable bonds is 5. The van der Waals surface area contributed by atoms with E-state index in [4.69, 9.17) is 0 Å². The van der Waals surface area contributed by atoms with Crippen LogP contribution >= 0.6 is 24.0 Å². The van der Waals surface area contributed by atoms with Crippen LogP contribution in [-0.4, -0.2) is 68.1 Å². The quantitative estimate of drug-likeness (QED) is 0.388. The van der Waals surface area contributed by atoms with Gasteiger partial charge in [-0.25, -0.2) is 14.4 Å². The zero-order valence-corrected chi connectivity index (χ0v) is 17.2. The lowest BCUT2D eigenvalue weighted by atomic mass is 10.3. The monoisotopic (exact) mass is 464 g/mol. The van der Waals surface area contributed by atoms with Gasteiger partial charge in [0.25, 0.3) is 0 Å². The van der Waals surface area contributed by atoms with E-state index in [1.165, 1.54) is 11.0 Å². The van der Waals surface area contributed by atoms with E-state index in [-0.39, 0.29) is 48.3 Å². The van der Waals surface area contributed by atoms with E-state index in [0.29, 0.717) is 24.9 Å². The molecule has 9 heteroatoms. The number of amides is 1. The summed E-state index contributed by atoms with van der Waals surface area (Å²) in [6.07, 6.45) is 2.44. The zero-order chi connectivity index (χ0) is 17.5. The molecular weight excluding hydrogens is 438 g/mol. The lowest BCUT2D eigenvalue weighted by Gasteiger charge is -2.20. The number of hydrogen-bond donors (Lipinski definition) is 2. The van der Waals surface area contributed by atoms with Crippen LogP contribution in [0.5, 0.6) is 0 Å². The Balaban J connectivity index is 0.00000312. The van der Waals surface area contributed by atoms with Crippen molar-refractivity contribution in [1.29, 1.82) is 0 Å². The van der Waals surface area contributed by atoms with Gasteiger partial charge in [0.1, 0.15) is 6.54 Å². The van der Waals surface area contributed by atoms with Crippen molar-refractivity contribution < 1.29 is 9.18 Å². The smallest absolute Gasteiger partial charge is 0.243 e. The molecule has 140 valence electrons. The number of anilines is 1. The average molecular weight is 464 g/mol. The highest BCUT2D eigenvalue weighted by Crippen LogP contribution is 2.20. The van der Waals surface area contributed by atoms with Crippen molar-refractivity contribution in [2.45, 2.75) is 19.4 Å². The second kappa shape index (κ2) is 10.4. The van der Waals surface area contributed by atoms with Gasteiger partial charge in [0.2, 0.25) is 5.91 Å². The highest BCUT2D eigenvalue weighted by atomic mass is 127. The summed E-state index contributed by atoms with van der Waals surface area (Å²) in [5.74, 6) is 0.610. The molecular formula is C16H26FIN6O. The lowest BCUT2D eigenvalue weighted by molar-refractivity contribution is -0.127.